The molecule has 0 amide bonds. The number of carbonyl (C=O) groups excluding carboxylic acids is 2. The van der Waals surface area contributed by atoms with Gasteiger partial charge in [-0.25, -0.2) is 0 Å². The molecule has 0 saturated heterocycles. The fourth-order valence-electron chi connectivity index (χ4n) is 3.75. The molecule has 0 radical (unpaired) electrons. The summed E-state index contributed by atoms with van der Waals surface area (Å²) >= 11 is -0.453. The van der Waals surface area contributed by atoms with E-state index < -0.39 is 20.4 Å². The van der Waals surface area contributed by atoms with Gasteiger partial charge in [0.05, 0.1) is 0 Å². The molecule has 4 aromatic heterocycles. The number of pyridine rings is 1. The fraction of sp³-hybridized carbons (Fsp3) is 0. The third-order valence-electron chi connectivity index (χ3n) is 5.16. The Bertz CT molecular complexity index is 1450. The Hall–Kier alpha value is -2.48. The van der Waals surface area contributed by atoms with Crippen LogP contribution in [-0.2, 0) is 0 Å². The van der Waals surface area contributed by atoms with Gasteiger partial charge in [0, 0.05) is 0 Å². The van der Waals surface area contributed by atoms with Crippen molar-refractivity contribution >= 4 is 73.3 Å². The molecule has 6 heteroatoms. The first kappa shape index (κ1) is 17.4. The van der Waals surface area contributed by atoms with Gasteiger partial charge in [0.15, 0.2) is 0 Å². The summed E-state index contributed by atoms with van der Waals surface area (Å²) in [7, 11) is 0. The van der Waals surface area contributed by atoms with Crippen LogP contribution in [0.3, 0.4) is 0 Å². The van der Waals surface area contributed by atoms with Gasteiger partial charge in [0.1, 0.15) is 0 Å². The summed E-state index contributed by atoms with van der Waals surface area (Å²) in [5, 5.41) is 2.18. The second kappa shape index (κ2) is 6.52. The SMILES string of the molecule is O=C1/C(=C/c2ccc(-n3ccc4cccnc43)[te]2)C(=O)c2cc3[se]ccc3cc21. The number of ketones is 2. The molecule has 29 heavy (non-hydrogen) atoms. The van der Waals surface area contributed by atoms with E-state index in [0.29, 0.717) is 16.7 Å². The third kappa shape index (κ3) is 2.68. The molecule has 1 aliphatic rings. The molecule has 0 fully saturated rings. The minimum absolute atomic E-state index is 0.134. The van der Waals surface area contributed by atoms with Gasteiger partial charge >= 0.3 is 182 Å². The number of rotatable bonds is 2. The number of fused-ring (bicyclic) bond motifs is 3. The monoisotopic (exact) mass is 558 g/mol. The molecule has 0 unspecified atom stereocenters. The Morgan fingerprint density at radius 1 is 0.966 bits per heavy atom. The molecular weight excluding hydrogens is 543 g/mol. The van der Waals surface area contributed by atoms with Crippen molar-refractivity contribution in [1.29, 1.82) is 0 Å². The molecular formula is C23H12N2O2SeTe. The Morgan fingerprint density at radius 2 is 1.83 bits per heavy atom. The Balaban J connectivity index is 1.41. The van der Waals surface area contributed by atoms with Gasteiger partial charge in [-0.1, -0.05) is 0 Å². The van der Waals surface area contributed by atoms with Crippen molar-refractivity contribution < 1.29 is 9.59 Å². The zero-order valence-electron chi connectivity index (χ0n) is 15.0. The molecule has 0 spiro atoms. The summed E-state index contributed by atoms with van der Waals surface area (Å²) < 4.78 is 5.59. The van der Waals surface area contributed by atoms with Crippen molar-refractivity contribution in [2.45, 2.75) is 0 Å². The van der Waals surface area contributed by atoms with Crippen molar-refractivity contribution in [2.75, 3.05) is 0 Å². The van der Waals surface area contributed by atoms with Crippen LogP contribution in [0, 0.1) is 0 Å². The molecule has 5 aromatic rings. The Labute approximate surface area is 181 Å². The first-order valence-corrected chi connectivity index (χ1v) is 13.2. The van der Waals surface area contributed by atoms with E-state index in [-0.39, 0.29) is 26.1 Å². The quantitative estimate of drug-likeness (QED) is 0.190. The zero-order chi connectivity index (χ0) is 19.5. The van der Waals surface area contributed by atoms with Gasteiger partial charge in [0.25, 0.3) is 0 Å². The Kier molecular flexibility index (Phi) is 3.91. The number of Topliss-reactive ketones (excluding diaryl/α,β-unsaturated/α-hetero) is 2. The molecule has 4 nitrogen and oxygen atoms in total. The van der Waals surface area contributed by atoms with Gasteiger partial charge in [0.2, 0.25) is 0 Å². The average molecular weight is 555 g/mol. The van der Waals surface area contributed by atoms with E-state index >= 15 is 0 Å². The molecule has 0 N–H and O–H groups in total. The number of benzene rings is 1. The second-order valence-corrected chi connectivity index (χ2v) is 12.0. The summed E-state index contributed by atoms with van der Waals surface area (Å²) in [5.74, 6) is -0.277. The first-order chi connectivity index (χ1) is 14.2. The van der Waals surface area contributed by atoms with E-state index in [1.165, 1.54) is 7.96 Å². The first-order valence-electron chi connectivity index (χ1n) is 9.04. The van der Waals surface area contributed by atoms with Crippen molar-refractivity contribution in [3.05, 3.63) is 86.1 Å². The summed E-state index contributed by atoms with van der Waals surface area (Å²) in [5.41, 5.74) is 2.37. The zero-order valence-corrected chi connectivity index (χ0v) is 19.0. The fourth-order valence-corrected chi connectivity index (χ4v) is 8.12. The maximum absolute atomic E-state index is 12.9. The normalized spacial score (nSPS) is 15.1. The van der Waals surface area contributed by atoms with Crippen LogP contribution in [0.1, 0.15) is 24.3 Å². The molecule has 1 aromatic carbocycles. The van der Waals surface area contributed by atoms with Crippen molar-refractivity contribution in [3.8, 4) is 3.70 Å². The van der Waals surface area contributed by atoms with E-state index in [4.69, 9.17) is 0 Å². The van der Waals surface area contributed by atoms with Crippen LogP contribution in [-0.4, -0.2) is 56.1 Å². The van der Waals surface area contributed by atoms with Crippen LogP contribution in [0.5, 0.6) is 0 Å². The van der Waals surface area contributed by atoms with Crippen LogP contribution < -0.4 is 0 Å². The number of nitrogens with zero attached hydrogens (tertiary/aromatic N) is 2. The molecule has 1 aliphatic carbocycles. The summed E-state index contributed by atoms with van der Waals surface area (Å²) in [6.07, 6.45) is 5.66. The molecule has 0 bridgehead atoms. The van der Waals surface area contributed by atoms with Gasteiger partial charge in [-0.15, -0.1) is 0 Å². The molecule has 4 heterocycles. The van der Waals surface area contributed by atoms with Crippen LogP contribution in [0.15, 0.2) is 71.4 Å². The predicted octanol–water partition coefficient (Wildman–Crippen LogP) is 3.76. The van der Waals surface area contributed by atoms with Gasteiger partial charge < -0.3 is 0 Å². The second-order valence-electron chi connectivity index (χ2n) is 6.85. The van der Waals surface area contributed by atoms with E-state index in [1.54, 1.807) is 6.20 Å². The molecule has 0 saturated carbocycles. The van der Waals surface area contributed by atoms with E-state index in [9.17, 15) is 9.59 Å². The van der Waals surface area contributed by atoms with E-state index in [0.717, 1.165) is 20.0 Å². The standard InChI is InChI=1S/C23H12N2O2SeTe/c26-21-16-10-14-6-9-28-19(14)12-17(16)22(27)18(21)11-15-3-4-20(29-15)25-8-5-13-2-1-7-24-23(13)25/h1-12H/b18-11-. The molecule has 138 valence electrons. The number of allylic oxidation sites excluding steroid dienone is 1. The average Bonchev–Trinajstić information content (AvgIpc) is 3.50. The summed E-state index contributed by atoms with van der Waals surface area (Å²) in [6.45, 7) is 0. The number of hydrogen-bond donors (Lipinski definition) is 0. The van der Waals surface area contributed by atoms with Crippen LogP contribution in [0.25, 0.3) is 30.5 Å². The molecule has 0 aliphatic heterocycles. The number of hydrogen-bond acceptors (Lipinski definition) is 3. The van der Waals surface area contributed by atoms with Crippen molar-refractivity contribution in [3.63, 3.8) is 0 Å². The van der Waals surface area contributed by atoms with Gasteiger partial charge in [-0.05, 0) is 0 Å². The maximum atomic E-state index is 12.9. The van der Waals surface area contributed by atoms with E-state index in [1.807, 2.05) is 48.7 Å². The summed E-state index contributed by atoms with van der Waals surface area (Å²) in [4.78, 5) is 32.5. The van der Waals surface area contributed by atoms with Gasteiger partial charge in [-0.3, -0.25) is 0 Å². The van der Waals surface area contributed by atoms with E-state index in [2.05, 4.69) is 26.6 Å². The van der Waals surface area contributed by atoms with Crippen LogP contribution >= 0.6 is 0 Å². The van der Waals surface area contributed by atoms with Crippen LogP contribution in [0.2, 0.25) is 0 Å². The third-order valence-corrected chi connectivity index (χ3v) is 9.95. The molecule has 6 rings (SSSR count). The van der Waals surface area contributed by atoms with Gasteiger partial charge in [-0.2, -0.15) is 0 Å². The van der Waals surface area contributed by atoms with Crippen molar-refractivity contribution in [1.82, 2.24) is 9.55 Å². The minimum atomic E-state index is -0.710. The number of aromatic nitrogens is 2. The number of carbonyl (C=O) groups is 2. The summed E-state index contributed by atoms with van der Waals surface area (Å²) in [6, 6.07) is 16.0. The topological polar surface area (TPSA) is 52.0 Å². The predicted molar refractivity (Wildman–Crippen MR) is 116 cm³/mol. The van der Waals surface area contributed by atoms with Crippen molar-refractivity contribution in [2.24, 2.45) is 0 Å². The Morgan fingerprint density at radius 3 is 2.72 bits per heavy atom. The van der Waals surface area contributed by atoms with Crippen LogP contribution in [0.4, 0.5) is 0 Å². The molecule has 0 atom stereocenters.